The Balaban J connectivity index is 1.96. The van der Waals surface area contributed by atoms with Crippen molar-refractivity contribution in [3.05, 3.63) is 52.3 Å². The van der Waals surface area contributed by atoms with Gasteiger partial charge in [0.05, 0.1) is 17.7 Å². The zero-order valence-corrected chi connectivity index (χ0v) is 12.6. The van der Waals surface area contributed by atoms with E-state index in [2.05, 4.69) is 16.0 Å². The van der Waals surface area contributed by atoms with Crippen LogP contribution in [0.25, 0.3) is 11.4 Å². The molecule has 1 aromatic heterocycles. The van der Waals surface area contributed by atoms with E-state index in [4.69, 9.17) is 0 Å². The molecule has 112 valence electrons. The number of allylic oxidation sites excluding steroid dienone is 1. The van der Waals surface area contributed by atoms with Crippen LogP contribution in [0.4, 0.5) is 5.82 Å². The SMILES string of the molecule is Cn1c2c(c(=O)n1-c1ccccc1)C1=CCCCCN1C=N2. The Morgan fingerprint density at radius 1 is 1.14 bits per heavy atom. The highest BCUT2D eigenvalue weighted by Crippen LogP contribution is 2.32. The van der Waals surface area contributed by atoms with E-state index in [1.54, 1.807) is 4.68 Å². The fourth-order valence-corrected chi connectivity index (χ4v) is 3.22. The van der Waals surface area contributed by atoms with Gasteiger partial charge in [-0.25, -0.2) is 9.67 Å². The molecule has 22 heavy (non-hydrogen) atoms. The lowest BCUT2D eigenvalue weighted by atomic mass is 10.1. The van der Waals surface area contributed by atoms with Crippen LogP contribution >= 0.6 is 0 Å². The first-order valence-electron chi connectivity index (χ1n) is 7.66. The maximum Gasteiger partial charge on any atom is 0.283 e. The highest BCUT2D eigenvalue weighted by molar-refractivity contribution is 5.86. The highest BCUT2D eigenvalue weighted by atomic mass is 16.1. The highest BCUT2D eigenvalue weighted by Gasteiger charge is 2.28. The smallest absolute Gasteiger partial charge is 0.283 e. The summed E-state index contributed by atoms with van der Waals surface area (Å²) in [6, 6.07) is 9.71. The molecule has 4 rings (SSSR count). The number of aliphatic imine (C=N–C) groups is 1. The van der Waals surface area contributed by atoms with Crippen LogP contribution in [-0.2, 0) is 7.05 Å². The second-order valence-electron chi connectivity index (χ2n) is 5.70. The van der Waals surface area contributed by atoms with Gasteiger partial charge in [-0.3, -0.25) is 9.48 Å². The minimum atomic E-state index is -0.00120. The van der Waals surface area contributed by atoms with E-state index < -0.39 is 0 Å². The van der Waals surface area contributed by atoms with Crippen molar-refractivity contribution in [2.45, 2.75) is 19.3 Å². The van der Waals surface area contributed by atoms with E-state index in [1.165, 1.54) is 0 Å². The lowest BCUT2D eigenvalue weighted by Crippen LogP contribution is -2.27. The summed E-state index contributed by atoms with van der Waals surface area (Å²) in [6.07, 6.45) is 7.32. The molecule has 2 aliphatic rings. The van der Waals surface area contributed by atoms with Gasteiger partial charge in [-0.05, 0) is 31.4 Å². The monoisotopic (exact) mass is 294 g/mol. The summed E-state index contributed by atoms with van der Waals surface area (Å²) in [5.41, 5.74) is 2.59. The van der Waals surface area contributed by atoms with Crippen LogP contribution in [0, 0.1) is 0 Å². The Bertz CT molecular complexity index is 826. The number of rotatable bonds is 1. The summed E-state index contributed by atoms with van der Waals surface area (Å²) in [5, 5.41) is 0. The van der Waals surface area contributed by atoms with Crippen LogP contribution in [0.1, 0.15) is 24.8 Å². The average Bonchev–Trinajstić information content (AvgIpc) is 2.72. The topological polar surface area (TPSA) is 42.5 Å². The van der Waals surface area contributed by atoms with Gasteiger partial charge in [-0.15, -0.1) is 0 Å². The summed E-state index contributed by atoms with van der Waals surface area (Å²) in [5.74, 6) is 0.734. The van der Waals surface area contributed by atoms with Gasteiger partial charge in [0.1, 0.15) is 5.56 Å². The maximum absolute atomic E-state index is 13.0. The molecule has 2 aliphatic heterocycles. The summed E-state index contributed by atoms with van der Waals surface area (Å²) in [7, 11) is 1.89. The Hall–Kier alpha value is -2.56. The quantitative estimate of drug-likeness (QED) is 0.811. The van der Waals surface area contributed by atoms with Crippen molar-refractivity contribution in [1.82, 2.24) is 14.3 Å². The van der Waals surface area contributed by atoms with Gasteiger partial charge < -0.3 is 4.90 Å². The fourth-order valence-electron chi connectivity index (χ4n) is 3.22. The van der Waals surface area contributed by atoms with Crippen LogP contribution in [-0.4, -0.2) is 27.1 Å². The van der Waals surface area contributed by atoms with E-state index in [-0.39, 0.29) is 5.56 Å². The predicted octanol–water partition coefficient (Wildman–Crippen LogP) is 2.68. The zero-order valence-electron chi connectivity index (χ0n) is 12.6. The summed E-state index contributed by atoms with van der Waals surface area (Å²) < 4.78 is 3.53. The van der Waals surface area contributed by atoms with Crippen molar-refractivity contribution in [1.29, 1.82) is 0 Å². The third-order valence-corrected chi connectivity index (χ3v) is 4.31. The summed E-state index contributed by atoms with van der Waals surface area (Å²) in [4.78, 5) is 19.6. The number of fused-ring (bicyclic) bond motifs is 3. The van der Waals surface area contributed by atoms with E-state index in [0.29, 0.717) is 0 Å². The Morgan fingerprint density at radius 2 is 1.95 bits per heavy atom. The van der Waals surface area contributed by atoms with Gasteiger partial charge >= 0.3 is 0 Å². The molecule has 0 aliphatic carbocycles. The van der Waals surface area contributed by atoms with Crippen LogP contribution in [0.15, 0.2) is 46.2 Å². The predicted molar refractivity (Wildman–Crippen MR) is 87.7 cm³/mol. The molecule has 0 unspecified atom stereocenters. The third-order valence-electron chi connectivity index (χ3n) is 4.31. The van der Waals surface area contributed by atoms with Gasteiger partial charge in [0.15, 0.2) is 5.82 Å². The summed E-state index contributed by atoms with van der Waals surface area (Å²) in [6.45, 7) is 0.925. The summed E-state index contributed by atoms with van der Waals surface area (Å²) >= 11 is 0. The van der Waals surface area contributed by atoms with Crippen molar-refractivity contribution in [3.8, 4) is 5.69 Å². The van der Waals surface area contributed by atoms with Crippen molar-refractivity contribution in [2.24, 2.45) is 12.0 Å². The minimum Gasteiger partial charge on any atom is -0.332 e. The van der Waals surface area contributed by atoms with Gasteiger partial charge in [0, 0.05) is 13.6 Å². The number of nitrogens with zero attached hydrogens (tertiary/aromatic N) is 4. The minimum absolute atomic E-state index is 0.00120. The molecule has 0 radical (unpaired) electrons. The lowest BCUT2D eigenvalue weighted by molar-refractivity contribution is 0.564. The Labute approximate surface area is 128 Å². The molecule has 0 N–H and O–H groups in total. The van der Waals surface area contributed by atoms with Crippen molar-refractivity contribution in [2.75, 3.05) is 6.54 Å². The molecule has 0 saturated carbocycles. The van der Waals surface area contributed by atoms with Crippen molar-refractivity contribution in [3.63, 3.8) is 0 Å². The molecule has 0 bridgehead atoms. The van der Waals surface area contributed by atoms with Crippen molar-refractivity contribution >= 4 is 17.9 Å². The molecule has 0 atom stereocenters. The van der Waals surface area contributed by atoms with Gasteiger partial charge in [-0.2, -0.15) is 0 Å². The molecule has 5 heteroatoms. The number of hydrogen-bond donors (Lipinski definition) is 0. The molecule has 0 fully saturated rings. The Morgan fingerprint density at radius 3 is 2.77 bits per heavy atom. The van der Waals surface area contributed by atoms with Gasteiger partial charge in [0.25, 0.3) is 5.56 Å². The van der Waals surface area contributed by atoms with E-state index in [1.807, 2.05) is 48.4 Å². The molecule has 1 aromatic carbocycles. The maximum atomic E-state index is 13.0. The molecule has 5 nitrogen and oxygen atoms in total. The third kappa shape index (κ3) is 1.85. The second-order valence-corrected chi connectivity index (χ2v) is 5.70. The van der Waals surface area contributed by atoms with E-state index in [0.717, 1.165) is 48.6 Å². The molecule has 3 heterocycles. The van der Waals surface area contributed by atoms with Crippen LogP contribution in [0.3, 0.4) is 0 Å². The molecule has 0 spiro atoms. The molecular formula is C17H18N4O. The largest absolute Gasteiger partial charge is 0.332 e. The normalized spacial score (nSPS) is 16.8. The number of hydrogen-bond acceptors (Lipinski definition) is 3. The van der Waals surface area contributed by atoms with Crippen LogP contribution < -0.4 is 5.56 Å². The zero-order chi connectivity index (χ0) is 15.1. The lowest BCUT2D eigenvalue weighted by Gasteiger charge is -2.23. The van der Waals surface area contributed by atoms with E-state index >= 15 is 0 Å². The molecular weight excluding hydrogens is 276 g/mol. The first-order chi connectivity index (χ1) is 10.8. The van der Waals surface area contributed by atoms with Gasteiger partial charge in [-0.1, -0.05) is 24.3 Å². The molecule has 0 amide bonds. The fraction of sp³-hybridized carbons (Fsp3) is 0.294. The average molecular weight is 294 g/mol. The number of para-hydroxylation sites is 1. The standard InChI is InChI=1S/C17H18N4O/c1-19-16-15(14-10-6-3-7-11-20(14)12-18-16)17(22)21(19)13-8-4-2-5-9-13/h2,4-5,8-10,12H,3,6-7,11H2,1H3. The molecule has 2 aromatic rings. The van der Waals surface area contributed by atoms with Crippen LogP contribution in [0.2, 0.25) is 0 Å². The van der Waals surface area contributed by atoms with Crippen molar-refractivity contribution < 1.29 is 0 Å². The van der Waals surface area contributed by atoms with E-state index in [9.17, 15) is 4.79 Å². The second kappa shape index (κ2) is 5.02. The number of benzene rings is 1. The Kier molecular flexibility index (Phi) is 2.99. The first kappa shape index (κ1) is 13.1. The first-order valence-corrected chi connectivity index (χ1v) is 7.66. The molecule has 0 saturated heterocycles. The van der Waals surface area contributed by atoms with Gasteiger partial charge in [0.2, 0.25) is 0 Å². The number of aromatic nitrogens is 2. The van der Waals surface area contributed by atoms with Crippen LogP contribution in [0.5, 0.6) is 0 Å².